The van der Waals surface area contributed by atoms with E-state index in [-0.39, 0.29) is 13.2 Å². The minimum atomic E-state index is -0.547. The number of alkyl carbamates (subject to hydrolysis) is 1. The van der Waals surface area contributed by atoms with Gasteiger partial charge in [-0.25, -0.2) is 4.79 Å². The molecular weight excluding hydrogens is 308 g/mol. The number of hydrogen-bond donors (Lipinski definition) is 2. The minimum absolute atomic E-state index is 0.0392. The third-order valence-electron chi connectivity index (χ3n) is 4.99. The number of ether oxygens (including phenoxy) is 2. The van der Waals surface area contributed by atoms with E-state index in [1.165, 1.54) is 6.42 Å². The fourth-order valence-corrected chi connectivity index (χ4v) is 3.62. The van der Waals surface area contributed by atoms with Gasteiger partial charge in [0.2, 0.25) is 0 Å². The highest BCUT2D eigenvalue weighted by Gasteiger charge is 2.45. The van der Waals surface area contributed by atoms with Crippen molar-refractivity contribution in [1.29, 1.82) is 0 Å². The summed E-state index contributed by atoms with van der Waals surface area (Å²) < 4.78 is 11.0. The zero-order valence-corrected chi connectivity index (χ0v) is 13.9. The summed E-state index contributed by atoms with van der Waals surface area (Å²) >= 11 is 0. The van der Waals surface area contributed by atoms with Crippen LogP contribution in [0.5, 0.6) is 0 Å². The summed E-state index contributed by atoms with van der Waals surface area (Å²) in [4.78, 5) is 14.3. The molecule has 2 aliphatic rings. The second-order valence-electron chi connectivity index (χ2n) is 6.66. The molecule has 0 bridgehead atoms. The van der Waals surface area contributed by atoms with Crippen LogP contribution in [-0.2, 0) is 16.1 Å². The van der Waals surface area contributed by atoms with Gasteiger partial charge < -0.3 is 19.9 Å². The Morgan fingerprint density at radius 3 is 3.00 bits per heavy atom. The lowest BCUT2D eigenvalue weighted by molar-refractivity contribution is -0.133. The summed E-state index contributed by atoms with van der Waals surface area (Å²) in [6, 6.07) is 9.90. The normalized spacial score (nSPS) is 27.3. The average molecular weight is 334 g/mol. The van der Waals surface area contributed by atoms with E-state index >= 15 is 0 Å². The third-order valence-corrected chi connectivity index (χ3v) is 4.99. The molecule has 24 heavy (non-hydrogen) atoms. The zero-order chi connectivity index (χ0) is 16.8. The number of benzene rings is 1. The Bertz CT molecular complexity index is 537. The summed E-state index contributed by atoms with van der Waals surface area (Å²) in [6.45, 7) is 2.60. The van der Waals surface area contributed by atoms with Crippen molar-refractivity contribution in [3.05, 3.63) is 35.9 Å². The molecule has 6 nitrogen and oxygen atoms in total. The Kier molecular flexibility index (Phi) is 5.71. The van der Waals surface area contributed by atoms with E-state index in [1.54, 1.807) is 0 Å². The molecule has 0 spiro atoms. The van der Waals surface area contributed by atoms with Crippen molar-refractivity contribution in [3.8, 4) is 0 Å². The first-order valence-corrected chi connectivity index (χ1v) is 8.63. The molecule has 2 aliphatic heterocycles. The first-order chi connectivity index (χ1) is 11.7. The van der Waals surface area contributed by atoms with Crippen LogP contribution in [0, 0.1) is 0 Å². The predicted molar refractivity (Wildman–Crippen MR) is 89.6 cm³/mol. The number of carbonyl (C=O) groups excluding carboxylic acids is 1. The number of carbonyl (C=O) groups is 1. The van der Waals surface area contributed by atoms with Gasteiger partial charge in [-0.05, 0) is 24.9 Å². The molecule has 2 N–H and O–H groups in total. The van der Waals surface area contributed by atoms with Crippen molar-refractivity contribution >= 4 is 6.09 Å². The van der Waals surface area contributed by atoms with Gasteiger partial charge in [-0.2, -0.15) is 0 Å². The largest absolute Gasteiger partial charge is 0.445 e. The van der Waals surface area contributed by atoms with Crippen molar-refractivity contribution in [2.45, 2.75) is 37.5 Å². The van der Waals surface area contributed by atoms with Gasteiger partial charge >= 0.3 is 6.09 Å². The van der Waals surface area contributed by atoms with Crippen molar-refractivity contribution in [3.63, 3.8) is 0 Å². The second-order valence-corrected chi connectivity index (χ2v) is 6.66. The molecule has 132 valence electrons. The molecule has 2 saturated heterocycles. The summed E-state index contributed by atoms with van der Waals surface area (Å²) in [7, 11) is 0. The van der Waals surface area contributed by atoms with Gasteiger partial charge in [-0.15, -0.1) is 0 Å². The van der Waals surface area contributed by atoms with Crippen LogP contribution in [-0.4, -0.2) is 60.6 Å². The highest BCUT2D eigenvalue weighted by atomic mass is 16.5. The molecule has 0 aromatic heterocycles. The van der Waals surface area contributed by atoms with E-state index in [4.69, 9.17) is 9.47 Å². The van der Waals surface area contributed by atoms with Gasteiger partial charge in [0.25, 0.3) is 0 Å². The summed E-state index contributed by atoms with van der Waals surface area (Å²) in [5.41, 5.74) is 0.399. The van der Waals surface area contributed by atoms with Gasteiger partial charge in [-0.3, -0.25) is 4.90 Å². The van der Waals surface area contributed by atoms with E-state index in [9.17, 15) is 9.90 Å². The Labute approximate surface area is 142 Å². The molecule has 0 saturated carbocycles. The topological polar surface area (TPSA) is 71.0 Å². The number of nitrogens with zero attached hydrogens (tertiary/aromatic N) is 1. The first kappa shape index (κ1) is 17.2. The Morgan fingerprint density at radius 2 is 2.21 bits per heavy atom. The molecule has 0 radical (unpaired) electrons. The molecule has 1 aromatic rings. The van der Waals surface area contributed by atoms with Crippen LogP contribution in [0.25, 0.3) is 0 Å². The Hall–Kier alpha value is -1.63. The average Bonchev–Trinajstić information content (AvgIpc) is 2.65. The van der Waals surface area contributed by atoms with Gasteiger partial charge in [0.15, 0.2) is 0 Å². The molecule has 2 unspecified atom stereocenters. The van der Waals surface area contributed by atoms with Crippen molar-refractivity contribution < 1.29 is 19.4 Å². The number of nitrogens with one attached hydrogen (secondary N) is 1. The van der Waals surface area contributed by atoms with Crippen LogP contribution >= 0.6 is 0 Å². The first-order valence-electron chi connectivity index (χ1n) is 8.63. The standard InChI is InChI=1S/C18H26N2O4/c21-13-18(14-23-11-16-8-4-5-9-20(16)18)12-19-17(22)24-10-15-6-2-1-3-7-15/h1-3,6-7,16,21H,4-5,8-14H2,(H,19,22). The van der Waals surface area contributed by atoms with Crippen LogP contribution < -0.4 is 5.32 Å². The maximum absolute atomic E-state index is 12.0. The fraction of sp³-hybridized carbons (Fsp3) is 0.611. The number of morpholine rings is 1. The maximum Gasteiger partial charge on any atom is 0.407 e. The molecule has 2 fully saturated rings. The number of amides is 1. The predicted octanol–water partition coefficient (Wildman–Crippen LogP) is 1.53. The molecule has 6 heteroatoms. The number of rotatable bonds is 5. The molecule has 1 aromatic carbocycles. The minimum Gasteiger partial charge on any atom is -0.445 e. The third kappa shape index (κ3) is 3.88. The van der Waals surface area contributed by atoms with Gasteiger partial charge in [0.1, 0.15) is 6.61 Å². The lowest BCUT2D eigenvalue weighted by atomic mass is 9.89. The van der Waals surface area contributed by atoms with Crippen LogP contribution in [0.1, 0.15) is 24.8 Å². The molecule has 0 aliphatic carbocycles. The number of aliphatic hydroxyl groups excluding tert-OH is 1. The second kappa shape index (κ2) is 7.96. The highest BCUT2D eigenvalue weighted by molar-refractivity contribution is 5.67. The van der Waals surface area contributed by atoms with Gasteiger partial charge in [0, 0.05) is 12.6 Å². The Morgan fingerprint density at radius 1 is 1.38 bits per heavy atom. The zero-order valence-electron chi connectivity index (χ0n) is 13.9. The fourth-order valence-electron chi connectivity index (χ4n) is 3.62. The van der Waals surface area contributed by atoms with Crippen LogP contribution in [0.15, 0.2) is 30.3 Å². The summed E-state index contributed by atoms with van der Waals surface area (Å²) in [6.07, 6.45) is 2.93. The van der Waals surface area contributed by atoms with Crippen molar-refractivity contribution in [2.75, 3.05) is 32.9 Å². The maximum atomic E-state index is 12.0. The molecule has 2 heterocycles. The molecular formula is C18H26N2O4. The number of fused-ring (bicyclic) bond motifs is 1. The van der Waals surface area contributed by atoms with E-state index < -0.39 is 11.6 Å². The number of hydrogen-bond acceptors (Lipinski definition) is 5. The molecule has 3 rings (SSSR count). The number of piperidine rings is 1. The quantitative estimate of drug-likeness (QED) is 0.854. The van der Waals surface area contributed by atoms with E-state index in [1.807, 2.05) is 30.3 Å². The lowest BCUT2D eigenvalue weighted by Crippen LogP contribution is -2.68. The highest BCUT2D eigenvalue weighted by Crippen LogP contribution is 2.30. The van der Waals surface area contributed by atoms with Crippen molar-refractivity contribution in [2.24, 2.45) is 0 Å². The monoisotopic (exact) mass is 334 g/mol. The lowest BCUT2D eigenvalue weighted by Gasteiger charge is -2.52. The van der Waals surface area contributed by atoms with Crippen LogP contribution in [0.3, 0.4) is 0 Å². The van der Waals surface area contributed by atoms with E-state index in [0.717, 1.165) is 24.9 Å². The van der Waals surface area contributed by atoms with E-state index in [0.29, 0.717) is 25.8 Å². The Balaban J connectivity index is 1.53. The van der Waals surface area contributed by atoms with Crippen molar-refractivity contribution in [1.82, 2.24) is 10.2 Å². The molecule has 2 atom stereocenters. The summed E-state index contributed by atoms with van der Waals surface area (Å²) in [5, 5.41) is 12.8. The van der Waals surface area contributed by atoms with Crippen LogP contribution in [0.4, 0.5) is 4.79 Å². The number of aliphatic hydroxyl groups is 1. The van der Waals surface area contributed by atoms with E-state index in [2.05, 4.69) is 10.2 Å². The smallest absolute Gasteiger partial charge is 0.407 e. The summed E-state index contributed by atoms with van der Waals surface area (Å²) in [5.74, 6) is 0. The SMILES string of the molecule is O=C(NCC1(CO)COCC2CCCCN21)OCc1ccccc1. The molecule has 1 amide bonds. The van der Waals surface area contributed by atoms with Gasteiger partial charge in [-0.1, -0.05) is 36.8 Å². The van der Waals surface area contributed by atoms with Crippen LogP contribution in [0.2, 0.25) is 0 Å². The van der Waals surface area contributed by atoms with Gasteiger partial charge in [0.05, 0.1) is 25.4 Å².